The van der Waals surface area contributed by atoms with Crippen molar-refractivity contribution in [1.82, 2.24) is 0 Å². The van der Waals surface area contributed by atoms with Gasteiger partial charge in [0.2, 0.25) is 0 Å². The zero-order valence-electron chi connectivity index (χ0n) is 25.1. The lowest BCUT2D eigenvalue weighted by Crippen LogP contribution is -2.37. The summed E-state index contributed by atoms with van der Waals surface area (Å²) >= 11 is 0. The van der Waals surface area contributed by atoms with Crippen molar-refractivity contribution in [2.45, 2.75) is 169 Å². The topological polar surface area (TPSA) is 36.9 Å². The molecule has 0 aromatic rings. The maximum absolute atomic E-state index is 6.11. The Balaban J connectivity index is 3.72. The van der Waals surface area contributed by atoms with E-state index in [1.54, 1.807) is 0 Å². The van der Waals surface area contributed by atoms with Crippen LogP contribution in [0.2, 0.25) is 0 Å². The van der Waals surface area contributed by atoms with Crippen molar-refractivity contribution in [3.63, 3.8) is 0 Å². The Kier molecular flexibility index (Phi) is 22.9. The monoisotopic (exact) mass is 500 g/mol. The van der Waals surface area contributed by atoms with Gasteiger partial charge < -0.3 is 18.9 Å². The molecule has 212 valence electrons. The Morgan fingerprint density at radius 1 is 0.514 bits per heavy atom. The molecule has 35 heavy (non-hydrogen) atoms. The van der Waals surface area contributed by atoms with Crippen LogP contribution in [0, 0.1) is 0 Å². The fraction of sp³-hybridized carbons (Fsp3) is 1.00. The molecule has 0 amide bonds. The van der Waals surface area contributed by atoms with Gasteiger partial charge in [-0.3, -0.25) is 0 Å². The van der Waals surface area contributed by atoms with Crippen LogP contribution in [0.4, 0.5) is 0 Å². The number of hydrogen-bond donors (Lipinski definition) is 0. The summed E-state index contributed by atoms with van der Waals surface area (Å²) in [7, 11) is 0. The van der Waals surface area contributed by atoms with Crippen LogP contribution >= 0.6 is 0 Å². The summed E-state index contributed by atoms with van der Waals surface area (Å²) < 4.78 is 24.2. The highest BCUT2D eigenvalue weighted by molar-refractivity contribution is 4.71. The molecule has 0 aliphatic rings. The van der Waals surface area contributed by atoms with Gasteiger partial charge in [-0.1, -0.05) is 104 Å². The van der Waals surface area contributed by atoms with Crippen molar-refractivity contribution in [3.05, 3.63) is 0 Å². The van der Waals surface area contributed by atoms with Crippen LogP contribution in [-0.4, -0.2) is 50.3 Å². The molecule has 0 fully saturated rings. The predicted octanol–water partition coefficient (Wildman–Crippen LogP) is 9.28. The fourth-order valence-corrected chi connectivity index (χ4v) is 4.06. The quantitative estimate of drug-likeness (QED) is 0.105. The van der Waals surface area contributed by atoms with Gasteiger partial charge in [-0.25, -0.2) is 0 Å². The Hall–Kier alpha value is -0.160. The number of unbranched alkanes of at least 4 members (excludes halogenated alkanes) is 14. The minimum atomic E-state index is -0.291. The largest absolute Gasteiger partial charge is 0.378 e. The van der Waals surface area contributed by atoms with E-state index in [0.717, 1.165) is 26.1 Å². The van der Waals surface area contributed by atoms with E-state index >= 15 is 0 Å². The third-order valence-corrected chi connectivity index (χ3v) is 6.51. The molecule has 0 aromatic carbocycles. The van der Waals surface area contributed by atoms with Gasteiger partial charge in [0.15, 0.2) is 0 Å². The van der Waals surface area contributed by atoms with Crippen molar-refractivity contribution in [3.8, 4) is 0 Å². The molecule has 0 aliphatic heterocycles. The summed E-state index contributed by atoms with van der Waals surface area (Å²) in [6.45, 7) is 18.5. The molecule has 1 unspecified atom stereocenters. The summed E-state index contributed by atoms with van der Waals surface area (Å²) in [5, 5.41) is 0. The molecule has 0 N–H and O–H groups in total. The van der Waals surface area contributed by atoms with Crippen molar-refractivity contribution in [1.29, 1.82) is 0 Å². The van der Waals surface area contributed by atoms with Gasteiger partial charge in [0.25, 0.3) is 0 Å². The Labute approximate surface area is 220 Å². The first-order chi connectivity index (χ1) is 16.7. The maximum atomic E-state index is 6.11. The van der Waals surface area contributed by atoms with Crippen molar-refractivity contribution in [2.75, 3.05) is 33.0 Å². The molecule has 0 saturated heterocycles. The summed E-state index contributed by atoms with van der Waals surface area (Å²) in [6.07, 6.45) is 21.2. The molecule has 0 bridgehead atoms. The molecule has 4 heteroatoms. The Morgan fingerprint density at radius 2 is 0.943 bits per heavy atom. The van der Waals surface area contributed by atoms with E-state index in [4.69, 9.17) is 18.9 Å². The maximum Gasteiger partial charge on any atom is 0.0860 e. The van der Waals surface area contributed by atoms with Crippen molar-refractivity contribution >= 4 is 0 Å². The molecule has 0 spiro atoms. The van der Waals surface area contributed by atoms with Crippen molar-refractivity contribution in [2.24, 2.45) is 0 Å². The smallest absolute Gasteiger partial charge is 0.0860 e. The molecule has 0 aromatic heterocycles. The van der Waals surface area contributed by atoms with Gasteiger partial charge in [0.05, 0.1) is 37.1 Å². The van der Waals surface area contributed by atoms with E-state index in [9.17, 15) is 0 Å². The highest BCUT2D eigenvalue weighted by Crippen LogP contribution is 2.16. The van der Waals surface area contributed by atoms with E-state index in [-0.39, 0.29) is 17.3 Å². The third-order valence-electron chi connectivity index (χ3n) is 6.51. The van der Waals surface area contributed by atoms with Gasteiger partial charge in [-0.15, -0.1) is 0 Å². The molecule has 0 heterocycles. The van der Waals surface area contributed by atoms with Gasteiger partial charge >= 0.3 is 0 Å². The SMILES string of the molecule is CCCCCCCCCCOCC(C)(C)OCC(C)OCC(C)(C)OCCCCCCCCCC. The lowest BCUT2D eigenvalue weighted by molar-refractivity contribution is -0.133. The van der Waals surface area contributed by atoms with Gasteiger partial charge in [-0.05, 0) is 47.5 Å². The summed E-state index contributed by atoms with van der Waals surface area (Å²) in [5.74, 6) is 0. The second-order valence-electron chi connectivity index (χ2n) is 11.8. The van der Waals surface area contributed by atoms with E-state index in [2.05, 4.69) is 48.5 Å². The predicted molar refractivity (Wildman–Crippen MR) is 152 cm³/mol. The molecule has 4 nitrogen and oxygen atoms in total. The standard InChI is InChI=1S/C31H64O4/c1-8-10-12-14-16-18-20-22-24-32-27-30(4,5)35-26-29(3)33-28-31(6,7)34-25-23-21-19-17-15-13-11-9-2/h29H,8-28H2,1-7H3. The van der Waals surface area contributed by atoms with E-state index < -0.39 is 0 Å². The van der Waals surface area contributed by atoms with Crippen LogP contribution in [0.1, 0.15) is 151 Å². The van der Waals surface area contributed by atoms with Crippen LogP contribution < -0.4 is 0 Å². The molecule has 0 radical (unpaired) electrons. The molecular formula is C31H64O4. The van der Waals surface area contributed by atoms with E-state index in [1.807, 2.05) is 0 Å². The lowest BCUT2D eigenvalue weighted by Gasteiger charge is -2.29. The van der Waals surface area contributed by atoms with Gasteiger partial charge in [0.1, 0.15) is 0 Å². The molecule has 0 aliphatic carbocycles. The summed E-state index contributed by atoms with van der Waals surface area (Å²) in [6, 6.07) is 0. The molecule has 0 rings (SSSR count). The third kappa shape index (κ3) is 25.3. The van der Waals surface area contributed by atoms with Crippen LogP contribution in [0.25, 0.3) is 0 Å². The first-order valence-electron chi connectivity index (χ1n) is 15.2. The summed E-state index contributed by atoms with van der Waals surface area (Å²) in [4.78, 5) is 0. The fourth-order valence-electron chi connectivity index (χ4n) is 4.06. The molecular weight excluding hydrogens is 436 g/mol. The first kappa shape index (κ1) is 34.8. The average molecular weight is 501 g/mol. The van der Waals surface area contributed by atoms with Gasteiger partial charge in [-0.2, -0.15) is 0 Å². The zero-order chi connectivity index (χ0) is 26.3. The Bertz CT molecular complexity index is 436. The van der Waals surface area contributed by atoms with Gasteiger partial charge in [0, 0.05) is 13.2 Å². The number of ether oxygens (including phenoxy) is 4. The normalized spacial score (nSPS) is 13.5. The zero-order valence-corrected chi connectivity index (χ0v) is 25.1. The summed E-state index contributed by atoms with van der Waals surface area (Å²) in [5.41, 5.74) is -0.551. The van der Waals surface area contributed by atoms with Crippen LogP contribution in [0.3, 0.4) is 0 Å². The lowest BCUT2D eigenvalue weighted by atomic mass is 10.1. The number of rotatable bonds is 27. The average Bonchev–Trinajstić information content (AvgIpc) is 2.81. The van der Waals surface area contributed by atoms with E-state index in [1.165, 1.54) is 89.9 Å². The van der Waals surface area contributed by atoms with Crippen LogP contribution in [-0.2, 0) is 18.9 Å². The molecule has 1 atom stereocenters. The minimum Gasteiger partial charge on any atom is -0.378 e. The van der Waals surface area contributed by atoms with Crippen molar-refractivity contribution < 1.29 is 18.9 Å². The van der Waals surface area contributed by atoms with Crippen LogP contribution in [0.5, 0.6) is 0 Å². The first-order valence-corrected chi connectivity index (χ1v) is 15.2. The number of hydrogen-bond acceptors (Lipinski definition) is 4. The second kappa shape index (κ2) is 23.0. The highest BCUT2D eigenvalue weighted by atomic mass is 16.6. The van der Waals surface area contributed by atoms with Crippen LogP contribution in [0.15, 0.2) is 0 Å². The molecule has 0 saturated carbocycles. The van der Waals surface area contributed by atoms with E-state index in [0.29, 0.717) is 19.8 Å². The second-order valence-corrected chi connectivity index (χ2v) is 11.8. The minimum absolute atomic E-state index is 0.0352. The highest BCUT2D eigenvalue weighted by Gasteiger charge is 2.23. The Morgan fingerprint density at radius 3 is 1.46 bits per heavy atom.